The quantitative estimate of drug-likeness (QED) is 0.394. The Morgan fingerprint density at radius 3 is 2.58 bits per heavy atom. The maximum atomic E-state index is 11.6. The van der Waals surface area contributed by atoms with Crippen molar-refractivity contribution in [1.29, 1.82) is 0 Å². The number of carbonyl (C=O) groups excluding carboxylic acids is 1. The normalized spacial score (nSPS) is 11.0. The lowest BCUT2D eigenvalue weighted by atomic mass is 10.1. The molecule has 0 aliphatic rings. The van der Waals surface area contributed by atoms with Gasteiger partial charge in [0.15, 0.2) is 0 Å². The average molecular weight is 328 g/mol. The molecule has 2 aromatic rings. The molecule has 0 aliphatic heterocycles. The Morgan fingerprint density at radius 2 is 1.79 bits per heavy atom. The van der Waals surface area contributed by atoms with Crippen molar-refractivity contribution in [2.75, 3.05) is 0 Å². The number of nitrogens with one attached hydrogen (secondary N) is 1. The second-order valence-electron chi connectivity index (χ2n) is 5.47. The van der Waals surface area contributed by atoms with Gasteiger partial charge in [-0.25, -0.2) is 5.43 Å². The zero-order valence-corrected chi connectivity index (χ0v) is 13.2. The molecule has 0 unspecified atom stereocenters. The highest BCUT2D eigenvalue weighted by Crippen LogP contribution is 2.27. The summed E-state index contributed by atoms with van der Waals surface area (Å²) < 4.78 is 0. The highest BCUT2D eigenvalue weighted by atomic mass is 16.4. The van der Waals surface area contributed by atoms with E-state index in [4.69, 9.17) is 5.11 Å². The summed E-state index contributed by atoms with van der Waals surface area (Å²) in [5, 5.41) is 24.2. The molecule has 1 amide bonds. The summed E-state index contributed by atoms with van der Waals surface area (Å²) in [5.41, 5.74) is 2.93. The highest BCUT2D eigenvalue weighted by molar-refractivity contribution is 5.97. The molecule has 0 aromatic heterocycles. The van der Waals surface area contributed by atoms with Crippen LogP contribution in [0.1, 0.15) is 37.7 Å². The minimum atomic E-state index is -0.820. The molecule has 2 aromatic carbocycles. The first-order chi connectivity index (χ1) is 11.6. The Hall–Kier alpha value is -2.89. The number of hydrazone groups is 1. The predicted molar refractivity (Wildman–Crippen MR) is 92.1 cm³/mol. The Bertz CT molecular complexity index is 756. The van der Waals surface area contributed by atoms with Gasteiger partial charge in [0.2, 0.25) is 5.91 Å². The molecule has 2 rings (SSSR count). The molecule has 3 N–H and O–H groups in total. The van der Waals surface area contributed by atoms with Gasteiger partial charge in [0.1, 0.15) is 5.75 Å². The number of carbonyl (C=O) groups is 2. The third kappa shape index (κ3) is 5.08. The molecule has 6 heteroatoms. The maximum absolute atomic E-state index is 11.6. The zero-order chi connectivity index (χ0) is 17.4. The molecule has 0 atom stereocenters. The van der Waals surface area contributed by atoms with Crippen molar-refractivity contribution in [3.63, 3.8) is 0 Å². The molecule has 0 bridgehead atoms. The lowest BCUT2D eigenvalue weighted by Gasteiger charge is -2.04. The van der Waals surface area contributed by atoms with Crippen molar-refractivity contribution in [1.82, 2.24) is 5.43 Å². The third-order valence-electron chi connectivity index (χ3n) is 3.62. The lowest BCUT2D eigenvalue weighted by molar-refractivity contribution is -0.137. The van der Waals surface area contributed by atoms with Gasteiger partial charge in [-0.2, -0.15) is 5.10 Å². The summed E-state index contributed by atoms with van der Waals surface area (Å²) in [4.78, 5) is 22.0. The SMILES string of the molecule is O=C(O)CCCCCC(=O)N/N=C/c1ccc2ccccc2c1O. The van der Waals surface area contributed by atoms with E-state index in [1.807, 2.05) is 30.3 Å². The minimum absolute atomic E-state index is 0.125. The largest absolute Gasteiger partial charge is 0.507 e. The number of phenolic OH excluding ortho intramolecular Hbond substituents is 1. The Kier molecular flexibility index (Phi) is 6.31. The van der Waals surface area contributed by atoms with Gasteiger partial charge in [-0.1, -0.05) is 36.8 Å². The van der Waals surface area contributed by atoms with Gasteiger partial charge in [-0.3, -0.25) is 9.59 Å². The number of aromatic hydroxyl groups is 1. The second-order valence-corrected chi connectivity index (χ2v) is 5.47. The van der Waals surface area contributed by atoms with E-state index < -0.39 is 5.97 Å². The second kappa shape index (κ2) is 8.67. The van der Waals surface area contributed by atoms with Crippen molar-refractivity contribution in [2.45, 2.75) is 32.1 Å². The Morgan fingerprint density at radius 1 is 1.04 bits per heavy atom. The van der Waals surface area contributed by atoms with Gasteiger partial charge in [0.05, 0.1) is 6.21 Å². The molecule has 6 nitrogen and oxygen atoms in total. The van der Waals surface area contributed by atoms with Crippen LogP contribution in [0.15, 0.2) is 41.5 Å². The number of nitrogens with zero attached hydrogens (tertiary/aromatic N) is 1. The van der Waals surface area contributed by atoms with Crippen LogP contribution >= 0.6 is 0 Å². The molecule has 24 heavy (non-hydrogen) atoms. The van der Waals surface area contributed by atoms with Gasteiger partial charge >= 0.3 is 5.97 Å². The topological polar surface area (TPSA) is 99.0 Å². The van der Waals surface area contributed by atoms with Gasteiger partial charge in [-0.05, 0) is 24.3 Å². The average Bonchev–Trinajstić information content (AvgIpc) is 2.56. The number of hydrogen-bond donors (Lipinski definition) is 3. The third-order valence-corrected chi connectivity index (χ3v) is 3.62. The number of fused-ring (bicyclic) bond motifs is 1. The molecular weight excluding hydrogens is 308 g/mol. The summed E-state index contributed by atoms with van der Waals surface area (Å²) in [5.74, 6) is -0.930. The number of rotatable bonds is 8. The number of unbranched alkanes of at least 4 members (excludes halogenated alkanes) is 2. The summed E-state index contributed by atoms with van der Waals surface area (Å²) in [7, 11) is 0. The summed E-state index contributed by atoms with van der Waals surface area (Å²) in [6.07, 6.45) is 3.70. The first kappa shape index (κ1) is 17.5. The van der Waals surface area contributed by atoms with Crippen LogP contribution in [0.3, 0.4) is 0 Å². The smallest absolute Gasteiger partial charge is 0.303 e. The first-order valence-corrected chi connectivity index (χ1v) is 7.82. The number of carboxylic acids is 1. The fraction of sp³-hybridized carbons (Fsp3) is 0.278. The van der Waals surface area contributed by atoms with Crippen LogP contribution in [-0.4, -0.2) is 28.3 Å². The maximum Gasteiger partial charge on any atom is 0.303 e. The van der Waals surface area contributed by atoms with Gasteiger partial charge in [-0.15, -0.1) is 0 Å². The molecule has 0 aliphatic carbocycles. The zero-order valence-electron chi connectivity index (χ0n) is 13.2. The molecular formula is C18H20N2O4. The fourth-order valence-corrected chi connectivity index (χ4v) is 2.34. The van der Waals surface area contributed by atoms with E-state index in [1.54, 1.807) is 6.07 Å². The van der Waals surface area contributed by atoms with Crippen LogP contribution < -0.4 is 5.43 Å². The van der Waals surface area contributed by atoms with Gasteiger partial charge in [0.25, 0.3) is 0 Å². The number of hydrogen-bond acceptors (Lipinski definition) is 4. The Balaban J connectivity index is 1.82. The number of amides is 1. The number of benzene rings is 2. The van der Waals surface area contributed by atoms with Crippen molar-refractivity contribution in [3.8, 4) is 5.75 Å². The van der Waals surface area contributed by atoms with E-state index in [1.165, 1.54) is 6.21 Å². The minimum Gasteiger partial charge on any atom is -0.507 e. The molecule has 0 heterocycles. The highest BCUT2D eigenvalue weighted by Gasteiger charge is 2.04. The van der Waals surface area contributed by atoms with Crippen LogP contribution in [0.25, 0.3) is 10.8 Å². The van der Waals surface area contributed by atoms with Crippen LogP contribution in [0.5, 0.6) is 5.75 Å². The van der Waals surface area contributed by atoms with Crippen LogP contribution in [0.4, 0.5) is 0 Å². The molecule has 0 saturated carbocycles. The number of aliphatic carboxylic acids is 1. The molecule has 0 fully saturated rings. The first-order valence-electron chi connectivity index (χ1n) is 7.82. The fourth-order valence-electron chi connectivity index (χ4n) is 2.34. The van der Waals surface area contributed by atoms with Crippen molar-refractivity contribution < 1.29 is 19.8 Å². The molecule has 0 radical (unpaired) electrons. The van der Waals surface area contributed by atoms with Gasteiger partial charge in [0, 0.05) is 23.8 Å². The monoisotopic (exact) mass is 328 g/mol. The lowest BCUT2D eigenvalue weighted by Crippen LogP contribution is -2.16. The van der Waals surface area contributed by atoms with E-state index in [2.05, 4.69) is 10.5 Å². The van der Waals surface area contributed by atoms with Crippen LogP contribution in [-0.2, 0) is 9.59 Å². The van der Waals surface area contributed by atoms with Gasteiger partial charge < -0.3 is 10.2 Å². The summed E-state index contributed by atoms with van der Waals surface area (Å²) in [6, 6.07) is 11.1. The summed E-state index contributed by atoms with van der Waals surface area (Å²) >= 11 is 0. The van der Waals surface area contributed by atoms with E-state index in [9.17, 15) is 14.7 Å². The van der Waals surface area contributed by atoms with Crippen LogP contribution in [0.2, 0.25) is 0 Å². The van der Waals surface area contributed by atoms with Crippen molar-refractivity contribution in [3.05, 3.63) is 42.0 Å². The van der Waals surface area contributed by atoms with Crippen molar-refractivity contribution >= 4 is 28.9 Å². The van der Waals surface area contributed by atoms with E-state index in [0.717, 1.165) is 10.8 Å². The van der Waals surface area contributed by atoms with E-state index in [-0.39, 0.29) is 18.1 Å². The van der Waals surface area contributed by atoms with E-state index >= 15 is 0 Å². The van der Waals surface area contributed by atoms with Crippen molar-refractivity contribution in [2.24, 2.45) is 5.10 Å². The summed E-state index contributed by atoms with van der Waals surface area (Å²) in [6.45, 7) is 0. The number of carboxylic acid groups (broad SMARTS) is 1. The molecule has 0 spiro atoms. The van der Waals surface area contributed by atoms with Crippen LogP contribution in [0, 0.1) is 0 Å². The van der Waals surface area contributed by atoms with E-state index in [0.29, 0.717) is 31.2 Å². The molecule has 126 valence electrons. The standard InChI is InChI=1S/C18H20N2O4/c21-16(8-2-1-3-9-17(22)23)20-19-12-14-11-10-13-6-4-5-7-15(13)18(14)24/h4-7,10-12,24H,1-3,8-9H2,(H,20,21)(H,22,23)/b19-12+. The predicted octanol–water partition coefficient (Wildman–Crippen LogP) is 3.03. The Labute approximate surface area is 139 Å². The molecule has 0 saturated heterocycles. The number of phenols is 1.